The molecule has 1 saturated heterocycles. The lowest BCUT2D eigenvalue weighted by molar-refractivity contribution is -0.133. The number of carbonyl (C=O) groups excluding carboxylic acids is 2. The largest absolute Gasteiger partial charge is 0.372 e. The van der Waals surface area contributed by atoms with Gasteiger partial charge >= 0.3 is 0 Å². The van der Waals surface area contributed by atoms with Crippen molar-refractivity contribution in [3.05, 3.63) is 60.2 Å². The van der Waals surface area contributed by atoms with Crippen LogP contribution in [0.3, 0.4) is 0 Å². The lowest BCUT2D eigenvalue weighted by Gasteiger charge is -2.30. The molecule has 0 spiro atoms. The first kappa shape index (κ1) is 20.9. The van der Waals surface area contributed by atoms with Crippen LogP contribution in [0.2, 0.25) is 0 Å². The zero-order valence-corrected chi connectivity index (χ0v) is 17.7. The van der Waals surface area contributed by atoms with Crippen LogP contribution in [-0.4, -0.2) is 42.4 Å². The fraction of sp³-hybridized carbons (Fsp3) is 0.417. The van der Waals surface area contributed by atoms with Gasteiger partial charge in [0.2, 0.25) is 11.8 Å². The lowest BCUT2D eigenvalue weighted by atomic mass is 10.2. The van der Waals surface area contributed by atoms with Crippen LogP contribution in [0.1, 0.15) is 39.2 Å². The maximum Gasteiger partial charge on any atom is 0.243 e. The molecule has 1 aliphatic heterocycles. The fourth-order valence-electron chi connectivity index (χ4n) is 3.77. The summed E-state index contributed by atoms with van der Waals surface area (Å²) < 4.78 is 0. The Bertz CT molecular complexity index is 812. The number of nitrogens with zero attached hydrogens (tertiary/aromatic N) is 3. The summed E-state index contributed by atoms with van der Waals surface area (Å²) in [6.45, 7) is 8.26. The zero-order chi connectivity index (χ0) is 20.8. The molecule has 0 saturated carbocycles. The highest BCUT2D eigenvalue weighted by Crippen LogP contribution is 2.24. The summed E-state index contributed by atoms with van der Waals surface area (Å²) in [6.07, 6.45) is 2.45. The SMILES string of the molecule is CC(=O)N(CC(=O)N(Cc1ccccc1)C(C)C)c1ccc(N2CCCC2)cc1. The van der Waals surface area contributed by atoms with Gasteiger partial charge in [-0.3, -0.25) is 9.59 Å². The highest BCUT2D eigenvalue weighted by molar-refractivity contribution is 5.97. The van der Waals surface area contributed by atoms with Gasteiger partial charge in [0.05, 0.1) is 0 Å². The molecule has 2 aromatic carbocycles. The van der Waals surface area contributed by atoms with Crippen molar-refractivity contribution in [1.29, 1.82) is 0 Å². The monoisotopic (exact) mass is 393 g/mol. The van der Waals surface area contributed by atoms with Gasteiger partial charge in [-0.25, -0.2) is 0 Å². The Morgan fingerprint density at radius 3 is 2.14 bits per heavy atom. The standard InChI is InChI=1S/C24H31N3O2/c1-19(2)26(17-21-9-5-4-6-10-21)24(29)18-27(20(3)28)23-13-11-22(12-14-23)25-15-7-8-16-25/h4-6,9-14,19H,7-8,15-18H2,1-3H3. The minimum absolute atomic E-state index is 0.0450. The first-order valence-electron chi connectivity index (χ1n) is 10.4. The van der Waals surface area contributed by atoms with Crippen LogP contribution in [0.4, 0.5) is 11.4 Å². The summed E-state index contributed by atoms with van der Waals surface area (Å²) >= 11 is 0. The third-order valence-electron chi connectivity index (χ3n) is 5.45. The first-order valence-corrected chi connectivity index (χ1v) is 10.4. The van der Waals surface area contributed by atoms with E-state index in [-0.39, 0.29) is 24.4 Å². The van der Waals surface area contributed by atoms with E-state index in [0.717, 1.165) is 24.3 Å². The molecule has 0 atom stereocenters. The number of hydrogen-bond donors (Lipinski definition) is 0. The number of anilines is 2. The van der Waals surface area contributed by atoms with Gasteiger partial charge in [-0.2, -0.15) is 0 Å². The molecule has 0 N–H and O–H groups in total. The van der Waals surface area contributed by atoms with Gasteiger partial charge < -0.3 is 14.7 Å². The second-order valence-corrected chi connectivity index (χ2v) is 7.92. The van der Waals surface area contributed by atoms with Crippen LogP contribution in [-0.2, 0) is 16.1 Å². The smallest absolute Gasteiger partial charge is 0.243 e. The van der Waals surface area contributed by atoms with Crippen molar-refractivity contribution in [3.63, 3.8) is 0 Å². The Labute approximate surface area is 173 Å². The molecular weight excluding hydrogens is 362 g/mol. The van der Waals surface area contributed by atoms with Crippen LogP contribution in [0, 0.1) is 0 Å². The minimum atomic E-state index is -0.129. The fourth-order valence-corrected chi connectivity index (χ4v) is 3.77. The zero-order valence-electron chi connectivity index (χ0n) is 17.7. The van der Waals surface area contributed by atoms with Crippen LogP contribution in [0.15, 0.2) is 54.6 Å². The van der Waals surface area contributed by atoms with E-state index >= 15 is 0 Å². The normalized spacial score (nSPS) is 13.6. The summed E-state index contributed by atoms with van der Waals surface area (Å²) in [7, 11) is 0. The number of hydrogen-bond acceptors (Lipinski definition) is 3. The second kappa shape index (κ2) is 9.59. The molecule has 2 amide bonds. The van der Waals surface area contributed by atoms with E-state index < -0.39 is 0 Å². The van der Waals surface area contributed by atoms with E-state index in [2.05, 4.69) is 4.90 Å². The maximum atomic E-state index is 13.1. The second-order valence-electron chi connectivity index (χ2n) is 7.92. The predicted octanol–water partition coefficient (Wildman–Crippen LogP) is 4.08. The summed E-state index contributed by atoms with van der Waals surface area (Å²) in [6, 6.07) is 18.0. The average Bonchev–Trinajstić information content (AvgIpc) is 3.25. The van der Waals surface area contributed by atoms with Gasteiger partial charge in [0.15, 0.2) is 0 Å². The Morgan fingerprint density at radius 2 is 1.59 bits per heavy atom. The van der Waals surface area contributed by atoms with Crippen LogP contribution >= 0.6 is 0 Å². The van der Waals surface area contributed by atoms with Crippen molar-refractivity contribution in [2.45, 2.75) is 46.2 Å². The summed E-state index contributed by atoms with van der Waals surface area (Å²) in [5, 5.41) is 0. The Kier molecular flexibility index (Phi) is 6.91. The molecule has 1 aliphatic rings. The molecule has 1 fully saturated rings. The maximum absolute atomic E-state index is 13.1. The Morgan fingerprint density at radius 1 is 0.966 bits per heavy atom. The number of benzene rings is 2. The quantitative estimate of drug-likeness (QED) is 0.712. The Balaban J connectivity index is 1.72. The Hall–Kier alpha value is -2.82. The highest BCUT2D eigenvalue weighted by Gasteiger charge is 2.23. The van der Waals surface area contributed by atoms with Crippen LogP contribution in [0.5, 0.6) is 0 Å². The van der Waals surface area contributed by atoms with Gasteiger partial charge in [-0.1, -0.05) is 30.3 Å². The van der Waals surface area contributed by atoms with E-state index in [9.17, 15) is 9.59 Å². The van der Waals surface area contributed by atoms with Gasteiger partial charge in [-0.15, -0.1) is 0 Å². The molecule has 0 aliphatic carbocycles. The number of amides is 2. The molecule has 3 rings (SSSR count). The molecule has 154 valence electrons. The molecule has 0 aromatic heterocycles. The molecule has 0 bridgehead atoms. The van der Waals surface area contributed by atoms with Gasteiger partial charge in [0.1, 0.15) is 6.54 Å². The minimum Gasteiger partial charge on any atom is -0.372 e. The van der Waals surface area contributed by atoms with E-state index in [1.165, 1.54) is 25.5 Å². The van der Waals surface area contributed by atoms with Crippen molar-refractivity contribution in [2.75, 3.05) is 29.4 Å². The van der Waals surface area contributed by atoms with Crippen LogP contribution in [0.25, 0.3) is 0 Å². The highest BCUT2D eigenvalue weighted by atomic mass is 16.2. The van der Waals surface area contributed by atoms with Gasteiger partial charge in [0, 0.05) is 44.0 Å². The first-order chi connectivity index (χ1) is 14.0. The topological polar surface area (TPSA) is 43.9 Å². The summed E-state index contributed by atoms with van der Waals surface area (Å²) in [5.41, 5.74) is 3.02. The van der Waals surface area contributed by atoms with E-state index in [4.69, 9.17) is 0 Å². The third kappa shape index (κ3) is 5.37. The van der Waals surface area contributed by atoms with Crippen molar-refractivity contribution in [2.24, 2.45) is 0 Å². The van der Waals surface area contributed by atoms with Crippen molar-refractivity contribution in [1.82, 2.24) is 4.90 Å². The van der Waals surface area contributed by atoms with Gasteiger partial charge in [0.25, 0.3) is 0 Å². The third-order valence-corrected chi connectivity index (χ3v) is 5.45. The molecule has 1 heterocycles. The molecule has 5 nitrogen and oxygen atoms in total. The molecule has 29 heavy (non-hydrogen) atoms. The van der Waals surface area contributed by atoms with Crippen molar-refractivity contribution < 1.29 is 9.59 Å². The van der Waals surface area contributed by atoms with E-state index in [1.54, 1.807) is 4.90 Å². The van der Waals surface area contributed by atoms with Gasteiger partial charge in [-0.05, 0) is 56.5 Å². The predicted molar refractivity (Wildman–Crippen MR) is 118 cm³/mol. The molecule has 2 aromatic rings. The van der Waals surface area contributed by atoms with E-state index in [1.807, 2.05) is 73.3 Å². The molecule has 0 radical (unpaired) electrons. The lowest BCUT2D eigenvalue weighted by Crippen LogP contribution is -2.44. The number of rotatable bonds is 7. The average molecular weight is 394 g/mol. The summed E-state index contributed by atoms with van der Waals surface area (Å²) in [4.78, 5) is 31.1. The molecular formula is C24H31N3O2. The molecule has 5 heteroatoms. The van der Waals surface area contributed by atoms with Crippen LogP contribution < -0.4 is 9.80 Å². The molecule has 0 unspecified atom stereocenters. The van der Waals surface area contributed by atoms with E-state index in [0.29, 0.717) is 6.54 Å². The summed E-state index contributed by atoms with van der Waals surface area (Å²) in [5.74, 6) is -0.182. The van der Waals surface area contributed by atoms with Crippen molar-refractivity contribution >= 4 is 23.2 Å². The number of carbonyl (C=O) groups is 2. The van der Waals surface area contributed by atoms with Crippen molar-refractivity contribution in [3.8, 4) is 0 Å².